The van der Waals surface area contributed by atoms with Crippen LogP contribution in [0.1, 0.15) is 13.3 Å². The third-order valence-electron chi connectivity index (χ3n) is 2.41. The predicted molar refractivity (Wildman–Crippen MR) is 53.7 cm³/mol. The largest absolute Gasteiger partial charge is 0.726 e. The molecule has 0 aromatic rings. The molecule has 18 heavy (non-hydrogen) atoms. The first-order chi connectivity index (χ1) is 8.07. The fourth-order valence-corrected chi connectivity index (χ4v) is 2.24. The van der Waals surface area contributed by atoms with Gasteiger partial charge in [0.15, 0.2) is 0 Å². The van der Waals surface area contributed by atoms with E-state index < -0.39 is 46.2 Å². The number of hydrogen-bond donors (Lipinski definition) is 0. The molecule has 0 amide bonds. The van der Waals surface area contributed by atoms with Gasteiger partial charge in [-0.1, -0.05) is 6.92 Å². The molecular formula is C7H12O9S2-2. The van der Waals surface area contributed by atoms with Crippen LogP contribution >= 0.6 is 0 Å². The van der Waals surface area contributed by atoms with Crippen molar-refractivity contribution in [1.82, 2.24) is 0 Å². The molecule has 0 N–H and O–H groups in total. The molecule has 1 rings (SSSR count). The van der Waals surface area contributed by atoms with Gasteiger partial charge in [0, 0.05) is 0 Å². The summed E-state index contributed by atoms with van der Waals surface area (Å²) in [6.07, 6.45) is -0.967. The van der Waals surface area contributed by atoms with E-state index in [9.17, 15) is 25.9 Å². The summed E-state index contributed by atoms with van der Waals surface area (Å²) >= 11 is 0. The van der Waals surface area contributed by atoms with E-state index in [1.54, 1.807) is 6.92 Å². The molecule has 0 radical (unpaired) electrons. The van der Waals surface area contributed by atoms with Crippen molar-refractivity contribution in [1.29, 1.82) is 0 Å². The molecular weight excluding hydrogens is 292 g/mol. The minimum Gasteiger partial charge on any atom is -0.726 e. The average Bonchev–Trinajstić information content (AvgIpc) is 2.51. The van der Waals surface area contributed by atoms with Crippen molar-refractivity contribution in [2.75, 3.05) is 13.2 Å². The Hall–Kier alpha value is -0.300. The van der Waals surface area contributed by atoms with Gasteiger partial charge in [0.25, 0.3) is 0 Å². The topological polar surface area (TPSA) is 142 Å². The Labute approximate surface area is 105 Å². The monoisotopic (exact) mass is 304 g/mol. The maximum absolute atomic E-state index is 10.3. The summed E-state index contributed by atoms with van der Waals surface area (Å²) in [5.74, 6) is -0.158. The highest BCUT2D eigenvalue weighted by molar-refractivity contribution is 7.81. The second kappa shape index (κ2) is 5.77. The highest BCUT2D eigenvalue weighted by atomic mass is 32.3. The molecule has 1 heterocycles. The molecule has 1 aliphatic rings. The van der Waals surface area contributed by atoms with Crippen LogP contribution in [-0.4, -0.2) is 51.4 Å². The number of hydrogen-bond acceptors (Lipinski definition) is 9. The smallest absolute Gasteiger partial charge is 0.217 e. The van der Waals surface area contributed by atoms with Crippen LogP contribution in [0.5, 0.6) is 0 Å². The van der Waals surface area contributed by atoms with Crippen LogP contribution < -0.4 is 0 Å². The summed E-state index contributed by atoms with van der Waals surface area (Å²) in [6.45, 7) is 0.807. The predicted octanol–water partition coefficient (Wildman–Crippen LogP) is -1.27. The zero-order valence-electron chi connectivity index (χ0n) is 9.34. The van der Waals surface area contributed by atoms with Gasteiger partial charge in [-0.25, -0.2) is 16.8 Å². The summed E-state index contributed by atoms with van der Waals surface area (Å²) < 4.78 is 74.7. The molecule has 108 valence electrons. The lowest BCUT2D eigenvalue weighted by Gasteiger charge is -2.17. The van der Waals surface area contributed by atoms with Crippen LogP contribution in [0.2, 0.25) is 0 Å². The second-order valence-corrected chi connectivity index (χ2v) is 6.00. The molecule has 0 aliphatic carbocycles. The van der Waals surface area contributed by atoms with Crippen molar-refractivity contribution < 1.29 is 39.0 Å². The summed E-state index contributed by atoms with van der Waals surface area (Å²) in [7, 11) is -9.58. The minimum absolute atomic E-state index is 0.158. The van der Waals surface area contributed by atoms with Crippen molar-refractivity contribution in [3.63, 3.8) is 0 Å². The Morgan fingerprint density at radius 3 is 2.11 bits per heavy atom. The van der Waals surface area contributed by atoms with Gasteiger partial charge < -0.3 is 13.8 Å². The van der Waals surface area contributed by atoms with Crippen molar-refractivity contribution in [3.8, 4) is 0 Å². The molecule has 11 heteroatoms. The molecule has 0 aromatic heterocycles. The molecule has 0 bridgehead atoms. The zero-order chi connectivity index (χ0) is 14.0. The third kappa shape index (κ3) is 6.04. The lowest BCUT2D eigenvalue weighted by Crippen LogP contribution is -2.24. The Kier molecular flexibility index (Phi) is 5.05. The molecule has 1 aliphatic heterocycles. The Bertz CT molecular complexity index is 467. The Balaban J connectivity index is 2.42. The van der Waals surface area contributed by atoms with E-state index in [4.69, 9.17) is 4.74 Å². The van der Waals surface area contributed by atoms with Crippen molar-refractivity contribution in [3.05, 3.63) is 0 Å². The molecule has 1 fully saturated rings. The Morgan fingerprint density at radius 2 is 1.61 bits per heavy atom. The third-order valence-corrected chi connectivity index (χ3v) is 3.26. The Morgan fingerprint density at radius 1 is 1.11 bits per heavy atom. The van der Waals surface area contributed by atoms with Gasteiger partial charge in [-0.05, 0) is 12.3 Å². The molecule has 0 aromatic carbocycles. The van der Waals surface area contributed by atoms with Gasteiger partial charge >= 0.3 is 0 Å². The molecule has 0 spiro atoms. The molecule has 0 saturated carbocycles. The summed E-state index contributed by atoms with van der Waals surface area (Å²) in [5, 5.41) is 0. The van der Waals surface area contributed by atoms with Gasteiger partial charge in [0.2, 0.25) is 20.8 Å². The van der Waals surface area contributed by atoms with Crippen LogP contribution in [0.25, 0.3) is 0 Å². The molecule has 9 nitrogen and oxygen atoms in total. The van der Waals surface area contributed by atoms with E-state index in [-0.39, 0.29) is 5.92 Å². The summed E-state index contributed by atoms with van der Waals surface area (Å²) in [5.41, 5.74) is 0. The van der Waals surface area contributed by atoms with Crippen LogP contribution in [0.3, 0.4) is 0 Å². The van der Waals surface area contributed by atoms with E-state index in [0.29, 0.717) is 6.42 Å². The normalized spacial score (nSPS) is 29.6. The van der Waals surface area contributed by atoms with Crippen molar-refractivity contribution >= 4 is 20.8 Å². The lowest BCUT2D eigenvalue weighted by atomic mass is 10.0. The van der Waals surface area contributed by atoms with E-state index in [1.165, 1.54) is 0 Å². The van der Waals surface area contributed by atoms with Gasteiger partial charge in [-0.3, -0.25) is 8.37 Å². The van der Waals surface area contributed by atoms with Crippen molar-refractivity contribution in [2.24, 2.45) is 5.92 Å². The SMILES string of the molecule is CC1CC(COS(=O)(=O)[O-])OC1COS(=O)(=O)[O-]. The fraction of sp³-hybridized carbons (Fsp3) is 1.00. The number of ether oxygens (including phenoxy) is 1. The van der Waals surface area contributed by atoms with Crippen molar-refractivity contribution in [2.45, 2.75) is 25.6 Å². The van der Waals surface area contributed by atoms with E-state index >= 15 is 0 Å². The average molecular weight is 304 g/mol. The van der Waals surface area contributed by atoms with Gasteiger partial charge in [-0.15, -0.1) is 0 Å². The maximum Gasteiger partial charge on any atom is 0.217 e. The first kappa shape index (κ1) is 15.8. The standard InChI is InChI=1S/C7H14O9S2/c1-5-2-6(3-14-17(8,9)10)16-7(5)4-15-18(11,12)13/h5-7H,2-4H2,1H3,(H,8,9,10)(H,11,12,13)/p-2. The van der Waals surface area contributed by atoms with Gasteiger partial charge in [0.05, 0.1) is 25.4 Å². The van der Waals surface area contributed by atoms with Crippen LogP contribution in [-0.2, 0) is 33.9 Å². The summed E-state index contributed by atoms with van der Waals surface area (Å²) in [4.78, 5) is 0. The quantitative estimate of drug-likeness (QED) is 0.433. The molecule has 1 saturated heterocycles. The van der Waals surface area contributed by atoms with Gasteiger partial charge in [0.1, 0.15) is 0 Å². The summed E-state index contributed by atoms with van der Waals surface area (Å²) in [6, 6.07) is 0. The highest BCUT2D eigenvalue weighted by Gasteiger charge is 2.33. The first-order valence-electron chi connectivity index (χ1n) is 4.93. The first-order valence-corrected chi connectivity index (χ1v) is 7.59. The second-order valence-electron chi connectivity index (χ2n) is 3.90. The maximum atomic E-state index is 10.3. The van der Waals surface area contributed by atoms with E-state index in [2.05, 4.69) is 8.37 Å². The van der Waals surface area contributed by atoms with Crippen LogP contribution in [0.15, 0.2) is 0 Å². The fourth-order valence-electron chi connectivity index (χ4n) is 1.62. The molecule has 3 atom stereocenters. The number of rotatable bonds is 6. The minimum atomic E-state index is -4.80. The highest BCUT2D eigenvalue weighted by Crippen LogP contribution is 2.27. The van der Waals surface area contributed by atoms with E-state index in [0.717, 1.165) is 0 Å². The molecule has 3 unspecified atom stereocenters. The zero-order valence-corrected chi connectivity index (χ0v) is 11.0. The van der Waals surface area contributed by atoms with Gasteiger partial charge in [-0.2, -0.15) is 0 Å². The van der Waals surface area contributed by atoms with E-state index in [1.807, 2.05) is 0 Å². The van der Waals surface area contributed by atoms with Crippen LogP contribution in [0, 0.1) is 5.92 Å². The lowest BCUT2D eigenvalue weighted by molar-refractivity contribution is -0.0113. The van der Waals surface area contributed by atoms with Crippen LogP contribution in [0.4, 0.5) is 0 Å².